The molecule has 0 spiro atoms. The standard InChI is InChI=1S/C30H32N4O4S/c1-5-19-34-28(26(30(36)31-4)27(32-34)20(2)3)22-17-15-21(16-18-22)24-13-9-10-14-25(24)39(37,38)33-29(35)23-11-7-6-8-12-23/h6-18,20H,5,19H2,1-4H3,(H,31,36)(H,33,35). The summed E-state index contributed by atoms with van der Waals surface area (Å²) in [7, 11) is -2.56. The van der Waals surface area contributed by atoms with Gasteiger partial charge in [0.1, 0.15) is 0 Å². The lowest BCUT2D eigenvalue weighted by Crippen LogP contribution is -2.30. The fourth-order valence-corrected chi connectivity index (χ4v) is 5.68. The minimum Gasteiger partial charge on any atom is -0.355 e. The Kier molecular flexibility index (Phi) is 8.30. The van der Waals surface area contributed by atoms with Gasteiger partial charge in [-0.05, 0) is 36.1 Å². The number of aromatic nitrogens is 2. The van der Waals surface area contributed by atoms with Gasteiger partial charge in [0.2, 0.25) is 0 Å². The van der Waals surface area contributed by atoms with Crippen LogP contribution >= 0.6 is 0 Å². The van der Waals surface area contributed by atoms with Crippen molar-refractivity contribution in [2.24, 2.45) is 0 Å². The van der Waals surface area contributed by atoms with Gasteiger partial charge >= 0.3 is 0 Å². The largest absolute Gasteiger partial charge is 0.355 e. The quantitative estimate of drug-likeness (QED) is 0.300. The van der Waals surface area contributed by atoms with Crippen molar-refractivity contribution in [1.82, 2.24) is 19.8 Å². The van der Waals surface area contributed by atoms with E-state index in [4.69, 9.17) is 5.10 Å². The molecular weight excluding hydrogens is 512 g/mol. The van der Waals surface area contributed by atoms with E-state index in [1.54, 1.807) is 55.6 Å². The number of carbonyl (C=O) groups is 2. The lowest BCUT2D eigenvalue weighted by atomic mass is 9.97. The third kappa shape index (κ3) is 5.78. The summed E-state index contributed by atoms with van der Waals surface area (Å²) in [5.41, 5.74) is 4.14. The molecule has 0 aliphatic carbocycles. The molecule has 1 heterocycles. The number of benzene rings is 3. The van der Waals surface area contributed by atoms with Crippen molar-refractivity contribution in [3.63, 3.8) is 0 Å². The van der Waals surface area contributed by atoms with E-state index in [1.807, 2.05) is 42.8 Å². The molecule has 0 unspecified atom stereocenters. The van der Waals surface area contributed by atoms with E-state index in [1.165, 1.54) is 6.07 Å². The lowest BCUT2D eigenvalue weighted by Gasteiger charge is -2.13. The van der Waals surface area contributed by atoms with Crippen molar-refractivity contribution in [3.05, 3.63) is 95.7 Å². The first-order valence-corrected chi connectivity index (χ1v) is 14.3. The molecule has 202 valence electrons. The summed E-state index contributed by atoms with van der Waals surface area (Å²) in [6, 6.07) is 22.1. The minimum atomic E-state index is -4.16. The Hall–Kier alpha value is -4.24. The molecule has 4 rings (SSSR count). The molecule has 0 saturated heterocycles. The molecule has 4 aromatic rings. The van der Waals surface area contributed by atoms with Crippen LogP contribution in [0.3, 0.4) is 0 Å². The van der Waals surface area contributed by atoms with E-state index in [0.29, 0.717) is 23.2 Å². The van der Waals surface area contributed by atoms with Crippen molar-refractivity contribution >= 4 is 21.8 Å². The maximum Gasteiger partial charge on any atom is 0.264 e. The number of sulfonamides is 1. The average molecular weight is 545 g/mol. The molecule has 0 saturated carbocycles. The fourth-order valence-electron chi connectivity index (χ4n) is 4.47. The van der Waals surface area contributed by atoms with Gasteiger partial charge in [0.15, 0.2) is 0 Å². The zero-order chi connectivity index (χ0) is 28.2. The second-order valence-corrected chi connectivity index (χ2v) is 11.1. The molecule has 0 fully saturated rings. The van der Waals surface area contributed by atoms with Crippen molar-refractivity contribution in [1.29, 1.82) is 0 Å². The first-order valence-electron chi connectivity index (χ1n) is 12.8. The highest BCUT2D eigenvalue weighted by molar-refractivity contribution is 7.90. The topological polar surface area (TPSA) is 110 Å². The van der Waals surface area contributed by atoms with Gasteiger partial charge in [-0.15, -0.1) is 0 Å². The number of nitrogens with zero attached hydrogens (tertiary/aromatic N) is 2. The van der Waals surface area contributed by atoms with Gasteiger partial charge in [-0.1, -0.05) is 81.4 Å². The molecule has 0 aliphatic heterocycles. The molecule has 0 aliphatic rings. The Bertz CT molecular complexity index is 1590. The van der Waals surface area contributed by atoms with Gasteiger partial charge in [-0.3, -0.25) is 14.3 Å². The van der Waals surface area contributed by atoms with Crippen molar-refractivity contribution < 1.29 is 18.0 Å². The number of carbonyl (C=O) groups excluding carboxylic acids is 2. The molecule has 8 nitrogen and oxygen atoms in total. The van der Waals surface area contributed by atoms with Crippen LogP contribution in [-0.2, 0) is 16.6 Å². The molecule has 9 heteroatoms. The van der Waals surface area contributed by atoms with E-state index >= 15 is 0 Å². The zero-order valence-electron chi connectivity index (χ0n) is 22.4. The van der Waals surface area contributed by atoms with Crippen LogP contribution in [-0.4, -0.2) is 37.1 Å². The second-order valence-electron chi connectivity index (χ2n) is 9.44. The predicted molar refractivity (Wildman–Crippen MR) is 152 cm³/mol. The molecule has 0 atom stereocenters. The Morgan fingerprint density at radius 3 is 2.10 bits per heavy atom. The summed E-state index contributed by atoms with van der Waals surface area (Å²) in [6.07, 6.45) is 0.845. The molecule has 2 N–H and O–H groups in total. The lowest BCUT2D eigenvalue weighted by molar-refractivity contribution is 0.0959. The summed E-state index contributed by atoms with van der Waals surface area (Å²) in [4.78, 5) is 25.5. The normalized spacial score (nSPS) is 11.4. The van der Waals surface area contributed by atoms with Crippen molar-refractivity contribution in [2.75, 3.05) is 7.05 Å². The molecule has 3 aromatic carbocycles. The Labute approximate surface area is 229 Å². The molecule has 39 heavy (non-hydrogen) atoms. The van der Waals surface area contributed by atoms with Crippen LogP contribution < -0.4 is 10.0 Å². The van der Waals surface area contributed by atoms with E-state index in [0.717, 1.165) is 23.4 Å². The monoisotopic (exact) mass is 544 g/mol. The Morgan fingerprint density at radius 2 is 1.49 bits per heavy atom. The SMILES string of the molecule is CCCn1nc(C(C)C)c(C(=O)NC)c1-c1ccc(-c2ccccc2S(=O)(=O)NC(=O)c2ccccc2)cc1. The Morgan fingerprint density at radius 1 is 0.872 bits per heavy atom. The molecule has 0 bridgehead atoms. The summed E-state index contributed by atoms with van der Waals surface area (Å²) >= 11 is 0. The van der Waals surface area contributed by atoms with E-state index < -0.39 is 15.9 Å². The molecule has 0 radical (unpaired) electrons. The van der Waals surface area contributed by atoms with Gasteiger partial charge in [-0.25, -0.2) is 13.1 Å². The average Bonchev–Trinajstić information content (AvgIpc) is 3.33. The van der Waals surface area contributed by atoms with Crippen LogP contribution in [0.2, 0.25) is 0 Å². The van der Waals surface area contributed by atoms with Crippen LogP contribution in [0.25, 0.3) is 22.4 Å². The van der Waals surface area contributed by atoms with Crippen LogP contribution in [0.4, 0.5) is 0 Å². The van der Waals surface area contributed by atoms with Crippen LogP contribution in [0.15, 0.2) is 83.8 Å². The highest BCUT2D eigenvalue weighted by Crippen LogP contribution is 2.33. The fraction of sp³-hybridized carbons (Fsp3) is 0.233. The van der Waals surface area contributed by atoms with Crippen LogP contribution in [0.5, 0.6) is 0 Å². The van der Waals surface area contributed by atoms with Gasteiger partial charge in [0, 0.05) is 30.3 Å². The minimum absolute atomic E-state index is 0.00815. The first-order chi connectivity index (χ1) is 18.7. The second kappa shape index (κ2) is 11.7. The van der Waals surface area contributed by atoms with Gasteiger partial charge < -0.3 is 5.32 Å². The number of rotatable bonds is 9. The van der Waals surface area contributed by atoms with Gasteiger partial charge in [-0.2, -0.15) is 5.10 Å². The van der Waals surface area contributed by atoms with E-state index in [9.17, 15) is 18.0 Å². The number of aryl methyl sites for hydroxylation is 1. The summed E-state index contributed by atoms with van der Waals surface area (Å²) in [6.45, 7) is 6.71. The van der Waals surface area contributed by atoms with Crippen molar-refractivity contribution in [2.45, 2.75) is 44.6 Å². The molecule has 2 amide bonds. The van der Waals surface area contributed by atoms with Crippen LogP contribution in [0, 0.1) is 0 Å². The number of hydrogen-bond donors (Lipinski definition) is 2. The maximum absolute atomic E-state index is 13.2. The first kappa shape index (κ1) is 27.8. The Balaban J connectivity index is 1.74. The predicted octanol–water partition coefficient (Wildman–Crippen LogP) is 5.23. The highest BCUT2D eigenvalue weighted by atomic mass is 32.2. The van der Waals surface area contributed by atoms with E-state index in [2.05, 4.69) is 17.0 Å². The van der Waals surface area contributed by atoms with Gasteiger partial charge in [0.25, 0.3) is 21.8 Å². The highest BCUT2D eigenvalue weighted by Gasteiger charge is 2.26. The summed E-state index contributed by atoms with van der Waals surface area (Å²) in [5.74, 6) is -0.852. The molecular formula is C30H32N4O4S. The van der Waals surface area contributed by atoms with Crippen molar-refractivity contribution in [3.8, 4) is 22.4 Å². The summed E-state index contributed by atoms with van der Waals surface area (Å²) < 4.78 is 30.5. The summed E-state index contributed by atoms with van der Waals surface area (Å²) in [5, 5.41) is 7.50. The smallest absolute Gasteiger partial charge is 0.264 e. The molecule has 1 aromatic heterocycles. The van der Waals surface area contributed by atoms with Gasteiger partial charge in [0.05, 0.1) is 21.8 Å². The number of amides is 2. The third-order valence-electron chi connectivity index (χ3n) is 6.32. The number of nitrogens with one attached hydrogen (secondary N) is 2. The van der Waals surface area contributed by atoms with E-state index in [-0.39, 0.29) is 22.3 Å². The number of hydrogen-bond acceptors (Lipinski definition) is 5. The maximum atomic E-state index is 13.2. The third-order valence-corrected chi connectivity index (χ3v) is 7.71. The zero-order valence-corrected chi connectivity index (χ0v) is 23.2. The van der Waals surface area contributed by atoms with Crippen LogP contribution in [0.1, 0.15) is 59.5 Å².